The molecule has 1 aromatic heterocycles. The fourth-order valence-corrected chi connectivity index (χ4v) is 3.12. The molecule has 0 saturated heterocycles. The van der Waals surface area contributed by atoms with Gasteiger partial charge in [0, 0.05) is 19.0 Å². The van der Waals surface area contributed by atoms with Crippen molar-refractivity contribution in [3.63, 3.8) is 0 Å². The number of rotatable bonds is 6. The second-order valence-electron chi connectivity index (χ2n) is 5.85. The van der Waals surface area contributed by atoms with E-state index in [0.717, 1.165) is 19.3 Å². The molecule has 0 spiro atoms. The molecule has 5 nitrogen and oxygen atoms in total. The smallest absolute Gasteiger partial charge is 0.339 e. The molecule has 1 fully saturated rings. The molecule has 1 heterocycles. The summed E-state index contributed by atoms with van der Waals surface area (Å²) >= 11 is 0. The first-order valence-corrected chi connectivity index (χ1v) is 7.65. The van der Waals surface area contributed by atoms with Gasteiger partial charge in [-0.1, -0.05) is 26.7 Å². The van der Waals surface area contributed by atoms with E-state index in [-0.39, 0.29) is 22.6 Å². The molecule has 21 heavy (non-hydrogen) atoms. The monoisotopic (exact) mass is 293 g/mol. The van der Waals surface area contributed by atoms with Crippen molar-refractivity contribution in [1.82, 2.24) is 5.32 Å². The number of carboxylic acids is 1. The van der Waals surface area contributed by atoms with E-state index in [9.17, 15) is 9.59 Å². The number of amides is 1. The lowest BCUT2D eigenvalue weighted by atomic mass is 9.83. The van der Waals surface area contributed by atoms with Gasteiger partial charge in [0.05, 0.1) is 0 Å². The Labute approximate surface area is 124 Å². The third-order valence-electron chi connectivity index (χ3n) is 4.62. The zero-order valence-corrected chi connectivity index (χ0v) is 12.7. The lowest BCUT2D eigenvalue weighted by molar-refractivity contribution is 0.0694. The van der Waals surface area contributed by atoms with Crippen LogP contribution in [-0.2, 0) is 6.42 Å². The molecule has 0 unspecified atom stereocenters. The highest BCUT2D eigenvalue weighted by Gasteiger charge is 2.32. The van der Waals surface area contributed by atoms with E-state index in [1.807, 2.05) is 0 Å². The minimum Gasteiger partial charge on any atom is -0.478 e. The predicted octanol–water partition coefficient (Wildman–Crippen LogP) is 3.24. The van der Waals surface area contributed by atoms with Crippen LogP contribution in [0, 0.1) is 5.41 Å². The Hall–Kier alpha value is -1.78. The quantitative estimate of drug-likeness (QED) is 0.843. The Kier molecular flexibility index (Phi) is 4.70. The summed E-state index contributed by atoms with van der Waals surface area (Å²) in [6.45, 7) is 4.59. The van der Waals surface area contributed by atoms with Crippen LogP contribution in [0.3, 0.4) is 0 Å². The van der Waals surface area contributed by atoms with Crippen LogP contribution in [0.1, 0.15) is 72.6 Å². The van der Waals surface area contributed by atoms with Crippen molar-refractivity contribution in [3.05, 3.63) is 23.2 Å². The first kappa shape index (κ1) is 15.6. The highest BCUT2D eigenvalue weighted by atomic mass is 16.4. The highest BCUT2D eigenvalue weighted by Crippen LogP contribution is 2.40. The number of carboxylic acid groups (broad SMARTS) is 1. The predicted molar refractivity (Wildman–Crippen MR) is 78.6 cm³/mol. The number of carbonyl (C=O) groups is 2. The molecule has 1 amide bonds. The molecule has 1 aromatic rings. The van der Waals surface area contributed by atoms with Crippen molar-refractivity contribution in [2.45, 2.75) is 52.4 Å². The topological polar surface area (TPSA) is 79.5 Å². The van der Waals surface area contributed by atoms with E-state index >= 15 is 0 Å². The molecule has 1 saturated carbocycles. The summed E-state index contributed by atoms with van der Waals surface area (Å²) in [6, 6.07) is 1.32. The fraction of sp³-hybridized carbons (Fsp3) is 0.625. The van der Waals surface area contributed by atoms with E-state index in [1.165, 1.54) is 18.9 Å². The average molecular weight is 293 g/mol. The molecule has 2 N–H and O–H groups in total. The fourth-order valence-electron chi connectivity index (χ4n) is 3.12. The third-order valence-corrected chi connectivity index (χ3v) is 4.62. The molecule has 0 atom stereocenters. The lowest BCUT2D eigenvalue weighted by Crippen LogP contribution is -2.35. The van der Waals surface area contributed by atoms with Gasteiger partial charge in [-0.3, -0.25) is 4.79 Å². The van der Waals surface area contributed by atoms with Gasteiger partial charge in [-0.25, -0.2) is 4.79 Å². The molecule has 0 bridgehead atoms. The SMILES string of the molecule is CCc1oc(C(=O)NCC2(CC)CCCC2)cc1C(=O)O. The Balaban J connectivity index is 2.05. The number of carbonyl (C=O) groups excluding carboxylic acids is 1. The second kappa shape index (κ2) is 6.33. The van der Waals surface area contributed by atoms with Crippen LogP contribution in [0.5, 0.6) is 0 Å². The summed E-state index contributed by atoms with van der Waals surface area (Å²) in [7, 11) is 0. The van der Waals surface area contributed by atoms with Crippen molar-refractivity contribution in [1.29, 1.82) is 0 Å². The van der Waals surface area contributed by atoms with Crippen LogP contribution in [0.4, 0.5) is 0 Å². The highest BCUT2D eigenvalue weighted by molar-refractivity contribution is 5.96. The van der Waals surface area contributed by atoms with Gasteiger partial charge >= 0.3 is 5.97 Å². The number of furan rings is 1. The lowest BCUT2D eigenvalue weighted by Gasteiger charge is -2.27. The van der Waals surface area contributed by atoms with Crippen LogP contribution in [-0.4, -0.2) is 23.5 Å². The molecular weight excluding hydrogens is 270 g/mol. The van der Waals surface area contributed by atoms with Crippen LogP contribution in [0.15, 0.2) is 10.5 Å². The van der Waals surface area contributed by atoms with Crippen molar-refractivity contribution in [2.75, 3.05) is 6.54 Å². The zero-order valence-electron chi connectivity index (χ0n) is 12.7. The molecule has 2 rings (SSSR count). The third kappa shape index (κ3) is 3.28. The van der Waals surface area contributed by atoms with Crippen molar-refractivity contribution in [3.8, 4) is 0 Å². The molecule has 1 aliphatic rings. The molecule has 0 aromatic carbocycles. The van der Waals surface area contributed by atoms with Gasteiger partial charge < -0.3 is 14.8 Å². The Morgan fingerprint density at radius 1 is 1.33 bits per heavy atom. The molecule has 5 heteroatoms. The molecule has 0 radical (unpaired) electrons. The summed E-state index contributed by atoms with van der Waals surface area (Å²) in [5.41, 5.74) is 0.277. The van der Waals surface area contributed by atoms with E-state index in [0.29, 0.717) is 18.7 Å². The maximum absolute atomic E-state index is 12.2. The van der Waals surface area contributed by atoms with E-state index < -0.39 is 5.97 Å². The summed E-state index contributed by atoms with van der Waals surface area (Å²) in [5, 5.41) is 12.0. The summed E-state index contributed by atoms with van der Waals surface area (Å²) in [6.07, 6.45) is 6.21. The van der Waals surface area contributed by atoms with Crippen LogP contribution < -0.4 is 5.32 Å². The second-order valence-corrected chi connectivity index (χ2v) is 5.85. The zero-order chi connectivity index (χ0) is 15.5. The molecule has 0 aliphatic heterocycles. The maximum atomic E-state index is 12.2. The number of hydrogen-bond acceptors (Lipinski definition) is 3. The van der Waals surface area contributed by atoms with Crippen molar-refractivity contribution in [2.24, 2.45) is 5.41 Å². The largest absolute Gasteiger partial charge is 0.478 e. The maximum Gasteiger partial charge on any atom is 0.339 e. The summed E-state index contributed by atoms with van der Waals surface area (Å²) in [4.78, 5) is 23.3. The number of aryl methyl sites for hydroxylation is 1. The minimum atomic E-state index is -1.06. The van der Waals surface area contributed by atoms with Gasteiger partial charge in [0.2, 0.25) is 0 Å². The van der Waals surface area contributed by atoms with Crippen molar-refractivity contribution < 1.29 is 19.1 Å². The van der Waals surface area contributed by atoms with E-state index in [1.54, 1.807) is 6.92 Å². The normalized spacial score (nSPS) is 16.9. The standard InChI is InChI=1S/C16H23NO4/c1-3-12-11(15(19)20)9-13(21-12)14(18)17-10-16(4-2)7-5-6-8-16/h9H,3-8,10H2,1-2H3,(H,17,18)(H,19,20). The van der Waals surface area contributed by atoms with Gasteiger partial charge in [0.25, 0.3) is 5.91 Å². The molecular formula is C16H23NO4. The Morgan fingerprint density at radius 3 is 2.48 bits per heavy atom. The van der Waals surface area contributed by atoms with Crippen LogP contribution >= 0.6 is 0 Å². The van der Waals surface area contributed by atoms with E-state index in [4.69, 9.17) is 9.52 Å². The first-order valence-electron chi connectivity index (χ1n) is 7.65. The van der Waals surface area contributed by atoms with Gasteiger partial charge in [-0.05, 0) is 24.7 Å². The summed E-state index contributed by atoms with van der Waals surface area (Å²) < 4.78 is 5.38. The molecule has 1 aliphatic carbocycles. The van der Waals surface area contributed by atoms with E-state index in [2.05, 4.69) is 12.2 Å². The molecule has 116 valence electrons. The number of hydrogen-bond donors (Lipinski definition) is 2. The van der Waals surface area contributed by atoms with Gasteiger partial charge in [-0.15, -0.1) is 0 Å². The first-order chi connectivity index (χ1) is 10.0. The van der Waals surface area contributed by atoms with Crippen LogP contribution in [0.2, 0.25) is 0 Å². The Morgan fingerprint density at radius 2 is 2.00 bits per heavy atom. The summed E-state index contributed by atoms with van der Waals surface area (Å²) in [5.74, 6) is -0.945. The van der Waals surface area contributed by atoms with Gasteiger partial charge in [-0.2, -0.15) is 0 Å². The van der Waals surface area contributed by atoms with Crippen molar-refractivity contribution >= 4 is 11.9 Å². The number of nitrogens with one attached hydrogen (secondary N) is 1. The average Bonchev–Trinajstić information content (AvgIpc) is 3.12. The van der Waals surface area contributed by atoms with Gasteiger partial charge in [0.15, 0.2) is 5.76 Å². The minimum absolute atomic E-state index is 0.0775. The Bertz CT molecular complexity index is 526. The van der Waals surface area contributed by atoms with Gasteiger partial charge in [0.1, 0.15) is 11.3 Å². The number of aromatic carboxylic acids is 1. The van der Waals surface area contributed by atoms with Crippen LogP contribution in [0.25, 0.3) is 0 Å².